The lowest BCUT2D eigenvalue weighted by Gasteiger charge is -2.41. The van der Waals surface area contributed by atoms with Crippen LogP contribution in [0.25, 0.3) is 0 Å². The number of anilines is 1. The fourth-order valence-corrected chi connectivity index (χ4v) is 3.84. The first kappa shape index (κ1) is 16.9. The highest BCUT2D eigenvalue weighted by atomic mass is 32.1. The molecule has 1 amide bonds. The van der Waals surface area contributed by atoms with E-state index in [4.69, 9.17) is 10.2 Å². The zero-order chi connectivity index (χ0) is 17.1. The number of amides is 1. The first-order chi connectivity index (χ1) is 11.6. The van der Waals surface area contributed by atoms with E-state index in [-0.39, 0.29) is 12.6 Å². The van der Waals surface area contributed by atoms with Crippen molar-refractivity contribution in [2.45, 2.75) is 25.9 Å². The SMILES string of the molecule is Cc1ccc(CN2CCN(c3nc(C(N)=O)cs3)C[C@@H]2CCO)o1. The lowest BCUT2D eigenvalue weighted by molar-refractivity contribution is 0.0996. The van der Waals surface area contributed by atoms with Gasteiger partial charge in [-0.3, -0.25) is 9.69 Å². The number of hydrogen-bond acceptors (Lipinski definition) is 7. The third-order valence-electron chi connectivity index (χ3n) is 4.24. The Kier molecular flexibility index (Phi) is 5.17. The molecule has 3 heterocycles. The summed E-state index contributed by atoms with van der Waals surface area (Å²) < 4.78 is 5.67. The van der Waals surface area contributed by atoms with Crippen LogP contribution < -0.4 is 10.6 Å². The molecule has 2 aromatic heterocycles. The van der Waals surface area contributed by atoms with E-state index in [0.717, 1.165) is 42.8 Å². The zero-order valence-electron chi connectivity index (χ0n) is 13.6. The van der Waals surface area contributed by atoms with E-state index in [9.17, 15) is 9.90 Å². The maximum absolute atomic E-state index is 11.2. The minimum absolute atomic E-state index is 0.136. The molecule has 1 atom stereocenters. The van der Waals surface area contributed by atoms with Gasteiger partial charge in [-0.2, -0.15) is 0 Å². The topological polar surface area (TPSA) is 95.8 Å². The molecule has 130 valence electrons. The molecule has 8 heteroatoms. The molecule has 2 aromatic rings. The highest BCUT2D eigenvalue weighted by Crippen LogP contribution is 2.25. The van der Waals surface area contributed by atoms with Crippen LogP contribution in [0.3, 0.4) is 0 Å². The second kappa shape index (κ2) is 7.33. The molecule has 1 aliphatic rings. The van der Waals surface area contributed by atoms with Crippen LogP contribution in [0, 0.1) is 6.92 Å². The lowest BCUT2D eigenvalue weighted by Crippen LogP contribution is -2.53. The fourth-order valence-electron chi connectivity index (χ4n) is 2.99. The van der Waals surface area contributed by atoms with E-state index in [0.29, 0.717) is 12.1 Å². The fraction of sp³-hybridized carbons (Fsp3) is 0.500. The van der Waals surface area contributed by atoms with E-state index in [2.05, 4.69) is 14.8 Å². The summed E-state index contributed by atoms with van der Waals surface area (Å²) in [4.78, 5) is 20.0. The van der Waals surface area contributed by atoms with Crippen LogP contribution in [0.5, 0.6) is 0 Å². The van der Waals surface area contributed by atoms with E-state index in [1.165, 1.54) is 11.3 Å². The monoisotopic (exact) mass is 350 g/mol. The maximum atomic E-state index is 11.2. The van der Waals surface area contributed by atoms with E-state index in [1.54, 1.807) is 5.38 Å². The van der Waals surface area contributed by atoms with Crippen LogP contribution in [0.1, 0.15) is 28.4 Å². The number of rotatable bonds is 6. The van der Waals surface area contributed by atoms with Gasteiger partial charge >= 0.3 is 0 Å². The van der Waals surface area contributed by atoms with Gasteiger partial charge in [-0.1, -0.05) is 0 Å². The second-order valence-electron chi connectivity index (χ2n) is 5.97. The number of aliphatic hydroxyl groups is 1. The molecule has 0 saturated carbocycles. The summed E-state index contributed by atoms with van der Waals surface area (Å²) in [5.41, 5.74) is 5.58. The summed E-state index contributed by atoms with van der Waals surface area (Å²) in [6, 6.07) is 4.17. The van der Waals surface area contributed by atoms with Crippen LogP contribution in [0.15, 0.2) is 21.9 Å². The highest BCUT2D eigenvalue weighted by Gasteiger charge is 2.29. The summed E-state index contributed by atoms with van der Waals surface area (Å²) in [5, 5.41) is 11.9. The molecule has 7 nitrogen and oxygen atoms in total. The number of carbonyl (C=O) groups excluding carboxylic acids is 1. The molecule has 0 radical (unpaired) electrons. The Balaban J connectivity index is 1.68. The summed E-state index contributed by atoms with van der Waals surface area (Å²) in [6.07, 6.45) is 0.685. The van der Waals surface area contributed by atoms with Crippen molar-refractivity contribution in [1.82, 2.24) is 9.88 Å². The number of nitrogens with zero attached hydrogens (tertiary/aromatic N) is 3. The van der Waals surface area contributed by atoms with Crippen LogP contribution in [0.4, 0.5) is 5.13 Å². The summed E-state index contributed by atoms with van der Waals surface area (Å²) in [6.45, 7) is 5.22. The van der Waals surface area contributed by atoms with Crippen molar-refractivity contribution in [3.63, 3.8) is 0 Å². The normalized spacial score (nSPS) is 18.9. The number of aliphatic hydroxyl groups excluding tert-OH is 1. The van der Waals surface area contributed by atoms with Gasteiger partial charge < -0.3 is 20.2 Å². The predicted molar refractivity (Wildman–Crippen MR) is 92.2 cm³/mol. The summed E-state index contributed by atoms with van der Waals surface area (Å²) in [5.74, 6) is 1.34. The highest BCUT2D eigenvalue weighted by molar-refractivity contribution is 7.13. The molecule has 3 rings (SSSR count). The number of thiazole rings is 1. The number of piperazine rings is 1. The average Bonchev–Trinajstić information content (AvgIpc) is 3.18. The van der Waals surface area contributed by atoms with Gasteiger partial charge in [-0.15, -0.1) is 11.3 Å². The Morgan fingerprint density at radius 1 is 1.50 bits per heavy atom. The molecule has 1 aliphatic heterocycles. The van der Waals surface area contributed by atoms with Crippen molar-refractivity contribution < 1.29 is 14.3 Å². The second-order valence-corrected chi connectivity index (χ2v) is 6.81. The van der Waals surface area contributed by atoms with Gasteiger partial charge in [0.05, 0.1) is 6.54 Å². The minimum atomic E-state index is -0.503. The number of carbonyl (C=O) groups is 1. The molecule has 3 N–H and O–H groups in total. The molecular formula is C16H22N4O3S. The van der Waals surface area contributed by atoms with Gasteiger partial charge in [0.15, 0.2) is 5.13 Å². The predicted octanol–water partition coefficient (Wildman–Crippen LogP) is 1.22. The third-order valence-corrected chi connectivity index (χ3v) is 5.14. The van der Waals surface area contributed by atoms with Crippen molar-refractivity contribution >= 4 is 22.4 Å². The van der Waals surface area contributed by atoms with Crippen molar-refractivity contribution in [3.8, 4) is 0 Å². The Morgan fingerprint density at radius 3 is 2.96 bits per heavy atom. The van der Waals surface area contributed by atoms with Crippen molar-refractivity contribution in [2.24, 2.45) is 5.73 Å². The van der Waals surface area contributed by atoms with Crippen molar-refractivity contribution in [1.29, 1.82) is 0 Å². The Bertz CT molecular complexity index is 699. The minimum Gasteiger partial charge on any atom is -0.465 e. The smallest absolute Gasteiger partial charge is 0.268 e. The Labute approximate surface area is 144 Å². The average molecular weight is 350 g/mol. The van der Waals surface area contributed by atoms with E-state index in [1.807, 2.05) is 19.1 Å². The standard InChI is InChI=1S/C16H22N4O3S/c1-11-2-3-13(23-11)9-19-5-6-20(8-12(19)4-7-21)16-18-14(10-24-16)15(17)22/h2-3,10,12,21H,4-9H2,1H3,(H2,17,22)/t12-/m0/s1. The quantitative estimate of drug-likeness (QED) is 0.813. The molecular weight excluding hydrogens is 328 g/mol. The number of nitrogens with two attached hydrogens (primary N) is 1. The van der Waals surface area contributed by atoms with Crippen LogP contribution in [-0.2, 0) is 6.54 Å². The molecule has 0 aromatic carbocycles. The van der Waals surface area contributed by atoms with Crippen molar-refractivity contribution in [2.75, 3.05) is 31.1 Å². The van der Waals surface area contributed by atoms with Gasteiger partial charge in [-0.25, -0.2) is 4.98 Å². The summed E-state index contributed by atoms with van der Waals surface area (Å²) >= 11 is 1.43. The van der Waals surface area contributed by atoms with Crippen molar-refractivity contribution in [3.05, 3.63) is 34.7 Å². The molecule has 0 unspecified atom stereocenters. The van der Waals surface area contributed by atoms with Gasteiger partial charge in [0, 0.05) is 37.7 Å². The molecule has 0 aliphatic carbocycles. The maximum Gasteiger partial charge on any atom is 0.268 e. The third kappa shape index (κ3) is 3.77. The van der Waals surface area contributed by atoms with Gasteiger partial charge in [0.2, 0.25) is 0 Å². The number of aromatic nitrogens is 1. The largest absolute Gasteiger partial charge is 0.465 e. The van der Waals surface area contributed by atoms with Gasteiger partial charge in [0.25, 0.3) is 5.91 Å². The Hall–Kier alpha value is -1.90. The summed E-state index contributed by atoms with van der Waals surface area (Å²) in [7, 11) is 0. The zero-order valence-corrected chi connectivity index (χ0v) is 14.5. The molecule has 24 heavy (non-hydrogen) atoms. The molecule has 1 saturated heterocycles. The molecule has 1 fully saturated rings. The van der Waals surface area contributed by atoms with Crippen LogP contribution >= 0.6 is 11.3 Å². The Morgan fingerprint density at radius 2 is 2.33 bits per heavy atom. The van der Waals surface area contributed by atoms with Gasteiger partial charge in [0.1, 0.15) is 17.2 Å². The first-order valence-corrected chi connectivity index (χ1v) is 8.85. The van der Waals surface area contributed by atoms with Crippen LogP contribution in [-0.4, -0.2) is 53.2 Å². The van der Waals surface area contributed by atoms with Crippen LogP contribution in [0.2, 0.25) is 0 Å². The van der Waals surface area contributed by atoms with E-state index >= 15 is 0 Å². The number of primary amides is 1. The number of furan rings is 1. The lowest BCUT2D eigenvalue weighted by atomic mass is 10.1. The van der Waals surface area contributed by atoms with Gasteiger partial charge in [-0.05, 0) is 25.5 Å². The van der Waals surface area contributed by atoms with E-state index < -0.39 is 5.91 Å². The first-order valence-electron chi connectivity index (χ1n) is 7.97. The molecule has 0 spiro atoms. The number of aryl methyl sites for hydroxylation is 1. The molecule has 0 bridgehead atoms. The number of hydrogen-bond donors (Lipinski definition) is 2.